The van der Waals surface area contributed by atoms with E-state index in [-0.39, 0.29) is 0 Å². The van der Waals surface area contributed by atoms with Crippen molar-refractivity contribution < 1.29 is 0 Å². The van der Waals surface area contributed by atoms with Crippen LogP contribution in [0.25, 0.3) is 0 Å². The summed E-state index contributed by atoms with van der Waals surface area (Å²) in [7, 11) is 0. The predicted octanol–water partition coefficient (Wildman–Crippen LogP) is 4.64. The lowest BCUT2D eigenvalue weighted by atomic mass is 9.94. The molecular weight excluding hydrogens is 278 g/mol. The molecule has 0 unspecified atom stereocenters. The highest BCUT2D eigenvalue weighted by Crippen LogP contribution is 2.27. The smallest absolute Gasteiger partial charge is 0.0991 e. The van der Waals surface area contributed by atoms with Gasteiger partial charge in [0.25, 0.3) is 0 Å². The molecule has 0 aromatic heterocycles. The third-order valence-corrected chi connectivity index (χ3v) is 4.71. The Labute approximate surface area is 136 Å². The summed E-state index contributed by atoms with van der Waals surface area (Å²) in [6.07, 6.45) is 2.81. The van der Waals surface area contributed by atoms with Crippen molar-refractivity contribution in [3.63, 3.8) is 0 Å². The lowest BCUT2D eigenvalue weighted by Gasteiger charge is -2.10. The maximum atomic E-state index is 9.22. The third-order valence-electron chi connectivity index (χ3n) is 4.71. The summed E-state index contributed by atoms with van der Waals surface area (Å²) < 4.78 is 0. The van der Waals surface area contributed by atoms with Gasteiger partial charge < -0.3 is 0 Å². The van der Waals surface area contributed by atoms with E-state index in [1.807, 2.05) is 6.07 Å². The van der Waals surface area contributed by atoms with Gasteiger partial charge in [0.05, 0.1) is 11.6 Å². The van der Waals surface area contributed by atoms with E-state index < -0.39 is 0 Å². The molecule has 0 saturated heterocycles. The molecule has 110 valence electrons. The van der Waals surface area contributed by atoms with Gasteiger partial charge in [-0.1, -0.05) is 54.6 Å². The van der Waals surface area contributed by atoms with Crippen molar-refractivity contribution in [2.45, 2.75) is 19.3 Å². The van der Waals surface area contributed by atoms with E-state index in [0.29, 0.717) is 0 Å². The Morgan fingerprint density at radius 1 is 0.565 bits per heavy atom. The number of fused-ring (bicyclic) bond motifs is 3. The van der Waals surface area contributed by atoms with Gasteiger partial charge in [0.15, 0.2) is 0 Å². The Balaban J connectivity index is 1.94. The lowest BCUT2D eigenvalue weighted by Crippen LogP contribution is -1.98. The van der Waals surface area contributed by atoms with Crippen molar-refractivity contribution in [2.75, 3.05) is 0 Å². The zero-order chi connectivity index (χ0) is 15.6. The minimum absolute atomic E-state index is 0.744. The average Bonchev–Trinajstić information content (AvgIpc) is 2.65. The number of hydrogen-bond donors (Lipinski definition) is 0. The van der Waals surface area contributed by atoms with E-state index in [1.54, 1.807) is 0 Å². The second-order valence-electron chi connectivity index (χ2n) is 6.16. The molecule has 1 aliphatic rings. The predicted molar refractivity (Wildman–Crippen MR) is 92.5 cm³/mol. The van der Waals surface area contributed by atoms with Crippen molar-refractivity contribution in [2.24, 2.45) is 0 Å². The summed E-state index contributed by atoms with van der Waals surface area (Å²) in [6.45, 7) is 0. The first-order chi connectivity index (χ1) is 11.3. The number of benzene rings is 3. The molecule has 0 bridgehead atoms. The Kier molecular flexibility index (Phi) is 3.44. The molecule has 1 nitrogen and oxygen atoms in total. The Hall–Kier alpha value is -2.85. The number of hydrogen-bond acceptors (Lipinski definition) is 1. The van der Waals surface area contributed by atoms with Gasteiger partial charge in [0.1, 0.15) is 0 Å². The van der Waals surface area contributed by atoms with Crippen LogP contribution < -0.4 is 0 Å². The minimum Gasteiger partial charge on any atom is -0.192 e. The largest absolute Gasteiger partial charge is 0.192 e. The molecule has 3 aromatic rings. The van der Waals surface area contributed by atoms with Crippen molar-refractivity contribution in [1.29, 1.82) is 5.26 Å². The normalized spacial score (nSPS) is 12.7. The van der Waals surface area contributed by atoms with Crippen LogP contribution in [0.2, 0.25) is 0 Å². The first kappa shape index (κ1) is 13.8. The van der Waals surface area contributed by atoms with Gasteiger partial charge in [0.2, 0.25) is 0 Å². The van der Waals surface area contributed by atoms with Gasteiger partial charge in [-0.15, -0.1) is 0 Å². The van der Waals surface area contributed by atoms with E-state index in [1.165, 1.54) is 33.4 Å². The molecule has 3 aromatic carbocycles. The zero-order valence-electron chi connectivity index (χ0n) is 12.9. The molecule has 0 radical (unpaired) electrons. The average molecular weight is 295 g/mol. The van der Waals surface area contributed by atoms with Gasteiger partial charge in [-0.05, 0) is 64.8 Å². The van der Waals surface area contributed by atoms with Crippen molar-refractivity contribution in [3.8, 4) is 6.07 Å². The lowest BCUT2D eigenvalue weighted by molar-refractivity contribution is 1.09. The second-order valence-corrected chi connectivity index (χ2v) is 6.16. The number of rotatable bonds is 0. The second kappa shape index (κ2) is 5.74. The fourth-order valence-corrected chi connectivity index (χ4v) is 3.45. The first-order valence-corrected chi connectivity index (χ1v) is 7.99. The molecule has 0 fully saturated rings. The van der Waals surface area contributed by atoms with Crippen LogP contribution in [-0.4, -0.2) is 0 Å². The van der Waals surface area contributed by atoms with Gasteiger partial charge in [-0.2, -0.15) is 5.26 Å². The van der Waals surface area contributed by atoms with Crippen LogP contribution in [-0.2, 0) is 19.3 Å². The monoisotopic (exact) mass is 295 g/mol. The highest BCUT2D eigenvalue weighted by Gasteiger charge is 2.14. The molecule has 4 rings (SSSR count). The van der Waals surface area contributed by atoms with E-state index >= 15 is 0 Å². The summed E-state index contributed by atoms with van der Waals surface area (Å²) in [5, 5.41) is 9.22. The van der Waals surface area contributed by atoms with Gasteiger partial charge in [-0.3, -0.25) is 0 Å². The molecule has 1 heteroatoms. The van der Waals surface area contributed by atoms with Gasteiger partial charge in [0, 0.05) is 0 Å². The fraction of sp³-hybridized carbons (Fsp3) is 0.136. The summed E-state index contributed by atoms with van der Waals surface area (Å²) in [6, 6.07) is 25.8. The molecule has 23 heavy (non-hydrogen) atoms. The minimum atomic E-state index is 0.744. The maximum absolute atomic E-state index is 9.22. The Bertz CT molecular complexity index is 909. The maximum Gasteiger partial charge on any atom is 0.0991 e. The molecule has 0 aliphatic heterocycles. The van der Waals surface area contributed by atoms with Gasteiger partial charge >= 0.3 is 0 Å². The molecule has 0 N–H and O–H groups in total. The van der Waals surface area contributed by atoms with Crippen LogP contribution in [0.3, 0.4) is 0 Å². The van der Waals surface area contributed by atoms with Crippen LogP contribution in [0.4, 0.5) is 0 Å². The Morgan fingerprint density at radius 2 is 1.00 bits per heavy atom. The van der Waals surface area contributed by atoms with E-state index in [2.05, 4.69) is 66.7 Å². The summed E-state index contributed by atoms with van der Waals surface area (Å²) in [5.74, 6) is 0. The van der Waals surface area contributed by atoms with Crippen molar-refractivity contribution >= 4 is 0 Å². The summed E-state index contributed by atoms with van der Waals surface area (Å²) in [4.78, 5) is 0. The molecule has 0 atom stereocenters. The SMILES string of the molecule is N#Cc1ccc2c(c1)Cc1ccccc1Cc1ccccc1C2. The van der Waals surface area contributed by atoms with Crippen LogP contribution in [0.5, 0.6) is 0 Å². The topological polar surface area (TPSA) is 23.8 Å². The third kappa shape index (κ3) is 2.64. The quantitative estimate of drug-likeness (QED) is 0.463. The van der Waals surface area contributed by atoms with Crippen LogP contribution in [0.1, 0.15) is 38.9 Å². The molecular formula is C22H17N. The number of nitriles is 1. The van der Waals surface area contributed by atoms with Gasteiger partial charge in [-0.25, -0.2) is 0 Å². The standard InChI is InChI=1S/C22H17N/c23-15-16-9-10-21-13-19-7-2-1-5-17(19)12-18-6-3-4-8-20(18)14-22(21)11-16/h1-11H,12-14H2. The van der Waals surface area contributed by atoms with E-state index in [0.717, 1.165) is 24.8 Å². The number of nitrogens with zero attached hydrogens (tertiary/aromatic N) is 1. The molecule has 0 amide bonds. The highest BCUT2D eigenvalue weighted by atomic mass is 14.2. The highest BCUT2D eigenvalue weighted by molar-refractivity contribution is 5.47. The molecule has 0 spiro atoms. The fourth-order valence-electron chi connectivity index (χ4n) is 3.45. The molecule has 1 aliphatic carbocycles. The molecule has 0 saturated carbocycles. The molecule has 0 heterocycles. The summed E-state index contributed by atoms with van der Waals surface area (Å²) >= 11 is 0. The van der Waals surface area contributed by atoms with Crippen LogP contribution >= 0.6 is 0 Å². The first-order valence-electron chi connectivity index (χ1n) is 7.99. The van der Waals surface area contributed by atoms with Crippen LogP contribution in [0.15, 0.2) is 66.7 Å². The van der Waals surface area contributed by atoms with Crippen molar-refractivity contribution in [1.82, 2.24) is 0 Å². The Morgan fingerprint density at radius 3 is 1.48 bits per heavy atom. The van der Waals surface area contributed by atoms with Crippen molar-refractivity contribution in [3.05, 3.63) is 106 Å². The van der Waals surface area contributed by atoms with E-state index in [4.69, 9.17) is 0 Å². The van der Waals surface area contributed by atoms with E-state index in [9.17, 15) is 5.26 Å². The zero-order valence-corrected chi connectivity index (χ0v) is 12.9. The summed E-state index contributed by atoms with van der Waals surface area (Å²) in [5.41, 5.74) is 8.87. The van der Waals surface area contributed by atoms with Crippen LogP contribution in [0, 0.1) is 11.3 Å².